The summed E-state index contributed by atoms with van der Waals surface area (Å²) < 4.78 is 1.09. The van der Waals surface area contributed by atoms with E-state index in [9.17, 15) is 4.79 Å². The number of halogens is 1. The van der Waals surface area contributed by atoms with Crippen molar-refractivity contribution in [2.24, 2.45) is 0 Å². The van der Waals surface area contributed by atoms with Crippen LogP contribution in [-0.2, 0) is 12.8 Å². The summed E-state index contributed by atoms with van der Waals surface area (Å²) in [6, 6.07) is 16.2. The second kappa shape index (κ2) is 6.31. The molecular formula is C17H17BrN2O. The zero-order chi connectivity index (χ0) is 14.7. The van der Waals surface area contributed by atoms with E-state index in [2.05, 4.69) is 33.4 Å². The van der Waals surface area contributed by atoms with Crippen LogP contribution in [0.1, 0.15) is 11.1 Å². The molecule has 3 nitrogen and oxygen atoms in total. The molecule has 2 aromatic rings. The number of nitrogens with one attached hydrogen (secondary N) is 1. The van der Waals surface area contributed by atoms with E-state index in [0.29, 0.717) is 6.54 Å². The Balaban J connectivity index is 1.57. The zero-order valence-electron chi connectivity index (χ0n) is 11.7. The molecule has 1 N–H and O–H groups in total. The van der Waals surface area contributed by atoms with Gasteiger partial charge in [0, 0.05) is 23.2 Å². The maximum Gasteiger partial charge on any atom is 0.321 e. The number of carbonyl (C=O) groups excluding carboxylic acids is 1. The molecule has 4 heteroatoms. The van der Waals surface area contributed by atoms with Crippen LogP contribution in [0.4, 0.5) is 10.5 Å². The quantitative estimate of drug-likeness (QED) is 0.903. The summed E-state index contributed by atoms with van der Waals surface area (Å²) in [7, 11) is 0. The van der Waals surface area contributed by atoms with E-state index in [1.54, 1.807) is 0 Å². The van der Waals surface area contributed by atoms with E-state index in [4.69, 9.17) is 0 Å². The highest BCUT2D eigenvalue weighted by Gasteiger charge is 2.23. The van der Waals surface area contributed by atoms with Crippen molar-refractivity contribution in [2.75, 3.05) is 18.0 Å². The summed E-state index contributed by atoms with van der Waals surface area (Å²) in [6.45, 7) is 1.40. The third-order valence-corrected chi connectivity index (χ3v) is 4.53. The SMILES string of the molecule is O=C(NCCc1ccccc1Br)N1CCc2ccccc21. The Bertz CT molecular complexity index is 657. The van der Waals surface area contributed by atoms with Crippen molar-refractivity contribution in [2.45, 2.75) is 12.8 Å². The standard InChI is InChI=1S/C17H17BrN2O/c18-15-7-3-1-5-13(15)9-11-19-17(21)20-12-10-14-6-2-4-8-16(14)20/h1-8H,9-12H2,(H,19,21). The lowest BCUT2D eigenvalue weighted by atomic mass is 10.1. The zero-order valence-corrected chi connectivity index (χ0v) is 13.3. The fourth-order valence-corrected chi connectivity index (χ4v) is 3.13. The van der Waals surface area contributed by atoms with Crippen molar-refractivity contribution >= 4 is 27.6 Å². The van der Waals surface area contributed by atoms with Gasteiger partial charge in [-0.3, -0.25) is 4.90 Å². The van der Waals surface area contributed by atoms with E-state index in [1.165, 1.54) is 11.1 Å². The van der Waals surface area contributed by atoms with Crippen LogP contribution in [0.25, 0.3) is 0 Å². The molecule has 1 heterocycles. The molecule has 0 atom stereocenters. The molecule has 0 saturated heterocycles. The van der Waals surface area contributed by atoms with Gasteiger partial charge in [0.05, 0.1) is 0 Å². The second-order valence-electron chi connectivity index (χ2n) is 5.10. The van der Waals surface area contributed by atoms with E-state index in [0.717, 1.165) is 29.5 Å². The molecule has 21 heavy (non-hydrogen) atoms. The molecule has 108 valence electrons. The molecule has 1 aliphatic heterocycles. The number of hydrogen-bond donors (Lipinski definition) is 1. The minimum Gasteiger partial charge on any atom is -0.337 e. The summed E-state index contributed by atoms with van der Waals surface area (Å²) in [5.74, 6) is 0. The molecule has 0 bridgehead atoms. The van der Waals surface area contributed by atoms with Crippen LogP contribution >= 0.6 is 15.9 Å². The van der Waals surface area contributed by atoms with Crippen molar-refractivity contribution in [1.82, 2.24) is 5.32 Å². The molecule has 0 aromatic heterocycles. The molecule has 0 radical (unpaired) electrons. The van der Waals surface area contributed by atoms with Crippen LogP contribution in [-0.4, -0.2) is 19.1 Å². The number of benzene rings is 2. The van der Waals surface area contributed by atoms with E-state index < -0.39 is 0 Å². The molecule has 0 saturated carbocycles. The lowest BCUT2D eigenvalue weighted by Crippen LogP contribution is -2.39. The Morgan fingerprint density at radius 3 is 2.76 bits per heavy atom. The molecule has 2 aromatic carbocycles. The number of anilines is 1. The Labute approximate surface area is 133 Å². The highest BCUT2D eigenvalue weighted by atomic mass is 79.9. The molecule has 0 fully saturated rings. The van der Waals surface area contributed by atoms with Gasteiger partial charge in [0.15, 0.2) is 0 Å². The first-order valence-corrected chi connectivity index (χ1v) is 7.91. The monoisotopic (exact) mass is 344 g/mol. The number of urea groups is 1. The van der Waals surface area contributed by atoms with Gasteiger partial charge in [-0.15, -0.1) is 0 Å². The minimum absolute atomic E-state index is 0.00740. The molecule has 0 unspecified atom stereocenters. The average Bonchev–Trinajstić information content (AvgIpc) is 2.93. The molecule has 1 aliphatic rings. The molecular weight excluding hydrogens is 328 g/mol. The van der Waals surface area contributed by atoms with Gasteiger partial charge < -0.3 is 5.32 Å². The molecule has 0 aliphatic carbocycles. The van der Waals surface area contributed by atoms with Gasteiger partial charge in [-0.25, -0.2) is 4.79 Å². The van der Waals surface area contributed by atoms with Crippen molar-refractivity contribution in [3.8, 4) is 0 Å². The van der Waals surface area contributed by atoms with Crippen LogP contribution in [0.5, 0.6) is 0 Å². The Morgan fingerprint density at radius 2 is 1.90 bits per heavy atom. The van der Waals surface area contributed by atoms with Crippen LogP contribution in [0.3, 0.4) is 0 Å². The van der Waals surface area contributed by atoms with Crippen LogP contribution < -0.4 is 10.2 Å². The topological polar surface area (TPSA) is 32.3 Å². The number of para-hydroxylation sites is 1. The predicted molar refractivity (Wildman–Crippen MR) is 88.7 cm³/mol. The molecule has 2 amide bonds. The largest absolute Gasteiger partial charge is 0.337 e. The highest BCUT2D eigenvalue weighted by molar-refractivity contribution is 9.10. The fourth-order valence-electron chi connectivity index (χ4n) is 2.65. The number of hydrogen-bond acceptors (Lipinski definition) is 1. The van der Waals surface area contributed by atoms with Gasteiger partial charge in [0.1, 0.15) is 0 Å². The smallest absolute Gasteiger partial charge is 0.321 e. The van der Waals surface area contributed by atoms with Crippen molar-refractivity contribution in [3.63, 3.8) is 0 Å². The molecule has 3 rings (SSSR count). The predicted octanol–water partition coefficient (Wildman–Crippen LogP) is 3.76. The van der Waals surface area contributed by atoms with Gasteiger partial charge in [0.2, 0.25) is 0 Å². The van der Waals surface area contributed by atoms with Crippen LogP contribution in [0, 0.1) is 0 Å². The van der Waals surface area contributed by atoms with Gasteiger partial charge in [-0.1, -0.05) is 52.3 Å². The van der Waals surface area contributed by atoms with Crippen molar-refractivity contribution < 1.29 is 4.79 Å². The first-order valence-electron chi connectivity index (χ1n) is 7.12. The fraction of sp³-hybridized carbons (Fsp3) is 0.235. The van der Waals surface area contributed by atoms with Gasteiger partial charge in [0.25, 0.3) is 0 Å². The van der Waals surface area contributed by atoms with E-state index in [1.807, 2.05) is 41.3 Å². The van der Waals surface area contributed by atoms with Gasteiger partial charge in [-0.2, -0.15) is 0 Å². The summed E-state index contributed by atoms with van der Waals surface area (Å²) in [6.07, 6.45) is 1.76. The summed E-state index contributed by atoms with van der Waals surface area (Å²) >= 11 is 3.53. The maximum atomic E-state index is 12.3. The number of fused-ring (bicyclic) bond motifs is 1. The van der Waals surface area contributed by atoms with E-state index >= 15 is 0 Å². The van der Waals surface area contributed by atoms with Crippen molar-refractivity contribution in [1.29, 1.82) is 0 Å². The number of nitrogens with zero attached hydrogens (tertiary/aromatic N) is 1. The van der Waals surface area contributed by atoms with Gasteiger partial charge in [-0.05, 0) is 36.1 Å². The lowest BCUT2D eigenvalue weighted by Gasteiger charge is -2.18. The van der Waals surface area contributed by atoms with E-state index in [-0.39, 0.29) is 6.03 Å². The van der Waals surface area contributed by atoms with Crippen molar-refractivity contribution in [3.05, 3.63) is 64.1 Å². The first kappa shape index (κ1) is 14.1. The Kier molecular flexibility index (Phi) is 4.25. The first-order chi connectivity index (χ1) is 10.3. The summed E-state index contributed by atoms with van der Waals surface area (Å²) in [5, 5.41) is 3.01. The number of amides is 2. The third kappa shape index (κ3) is 3.10. The Hall–Kier alpha value is -1.81. The summed E-state index contributed by atoms with van der Waals surface area (Å²) in [5.41, 5.74) is 3.49. The minimum atomic E-state index is -0.00740. The molecule has 0 spiro atoms. The Morgan fingerprint density at radius 1 is 1.14 bits per heavy atom. The normalized spacial score (nSPS) is 13.1. The third-order valence-electron chi connectivity index (χ3n) is 3.76. The lowest BCUT2D eigenvalue weighted by molar-refractivity contribution is 0.247. The van der Waals surface area contributed by atoms with Crippen LogP contribution in [0.15, 0.2) is 53.0 Å². The number of rotatable bonds is 3. The number of carbonyl (C=O) groups is 1. The highest BCUT2D eigenvalue weighted by Crippen LogP contribution is 2.27. The maximum absolute atomic E-state index is 12.3. The average molecular weight is 345 g/mol. The summed E-state index contributed by atoms with van der Waals surface area (Å²) in [4.78, 5) is 14.1. The van der Waals surface area contributed by atoms with Gasteiger partial charge >= 0.3 is 6.03 Å². The second-order valence-corrected chi connectivity index (χ2v) is 5.96. The van der Waals surface area contributed by atoms with Crippen LogP contribution in [0.2, 0.25) is 0 Å².